The van der Waals surface area contributed by atoms with E-state index in [1.807, 2.05) is 12.3 Å². The number of rotatable bonds is 10. The van der Waals surface area contributed by atoms with Gasteiger partial charge in [-0.05, 0) is 34.5 Å². The molecular weight excluding hydrogens is 330 g/mol. The summed E-state index contributed by atoms with van der Waals surface area (Å²) >= 11 is 3.50. The fourth-order valence-corrected chi connectivity index (χ4v) is 2.40. The Kier molecular flexibility index (Phi) is 8.57. The van der Waals surface area contributed by atoms with Gasteiger partial charge < -0.3 is 15.0 Å². The van der Waals surface area contributed by atoms with E-state index in [4.69, 9.17) is 4.74 Å². The average Bonchev–Trinajstić information content (AvgIpc) is 2.43. The van der Waals surface area contributed by atoms with Gasteiger partial charge in [0.2, 0.25) is 0 Å². The Hall–Kier alpha value is -0.910. The van der Waals surface area contributed by atoms with Crippen molar-refractivity contribution in [1.29, 1.82) is 0 Å². The van der Waals surface area contributed by atoms with Gasteiger partial charge in [-0.1, -0.05) is 19.9 Å². The number of pyridine rings is 1. The summed E-state index contributed by atoms with van der Waals surface area (Å²) in [6, 6.07) is 2.12. The van der Waals surface area contributed by atoms with E-state index in [1.165, 1.54) is 5.56 Å². The van der Waals surface area contributed by atoms with Gasteiger partial charge in [-0.15, -0.1) is 6.58 Å². The van der Waals surface area contributed by atoms with Crippen molar-refractivity contribution in [2.24, 2.45) is 5.92 Å². The minimum absolute atomic E-state index is 0.631. The normalized spacial score (nSPS) is 10.9. The smallest absolute Gasteiger partial charge is 0.133 e. The number of anilines is 1. The van der Waals surface area contributed by atoms with Crippen molar-refractivity contribution >= 4 is 21.7 Å². The second kappa shape index (κ2) is 9.92. The van der Waals surface area contributed by atoms with Crippen LogP contribution in [0.1, 0.15) is 19.4 Å². The molecule has 0 spiro atoms. The van der Waals surface area contributed by atoms with Crippen LogP contribution in [0.15, 0.2) is 29.4 Å². The fourth-order valence-electron chi connectivity index (χ4n) is 2.03. The first-order valence-electron chi connectivity index (χ1n) is 7.28. The van der Waals surface area contributed by atoms with E-state index in [2.05, 4.69) is 57.6 Å². The van der Waals surface area contributed by atoms with Crippen molar-refractivity contribution in [3.63, 3.8) is 0 Å². The largest absolute Gasteiger partial charge is 0.383 e. The van der Waals surface area contributed by atoms with E-state index in [1.54, 1.807) is 7.11 Å². The Morgan fingerprint density at radius 2 is 2.29 bits per heavy atom. The first-order valence-corrected chi connectivity index (χ1v) is 8.07. The minimum atomic E-state index is 0.631. The van der Waals surface area contributed by atoms with Crippen LogP contribution in [0.25, 0.3) is 0 Å². The van der Waals surface area contributed by atoms with Gasteiger partial charge in [0.1, 0.15) is 5.82 Å². The SMILES string of the molecule is C=CCN(CCOC)c1ncc(Br)cc1CNCC(C)C. The van der Waals surface area contributed by atoms with E-state index in [-0.39, 0.29) is 0 Å². The van der Waals surface area contributed by atoms with Crippen LogP contribution in [0.2, 0.25) is 0 Å². The van der Waals surface area contributed by atoms with Gasteiger partial charge in [-0.3, -0.25) is 0 Å². The lowest BCUT2D eigenvalue weighted by atomic mass is 10.2. The Balaban J connectivity index is 2.88. The highest BCUT2D eigenvalue weighted by Crippen LogP contribution is 2.21. The zero-order valence-corrected chi connectivity index (χ0v) is 14.8. The van der Waals surface area contributed by atoms with Gasteiger partial charge in [0.05, 0.1) is 6.61 Å². The molecule has 0 aliphatic heterocycles. The van der Waals surface area contributed by atoms with E-state index in [9.17, 15) is 0 Å². The maximum Gasteiger partial charge on any atom is 0.133 e. The minimum Gasteiger partial charge on any atom is -0.383 e. The van der Waals surface area contributed by atoms with Crippen LogP contribution < -0.4 is 10.2 Å². The summed E-state index contributed by atoms with van der Waals surface area (Å²) in [6.45, 7) is 12.3. The van der Waals surface area contributed by atoms with Gasteiger partial charge in [0, 0.05) is 43.0 Å². The van der Waals surface area contributed by atoms with Crippen molar-refractivity contribution in [3.05, 3.63) is 35.0 Å². The average molecular weight is 356 g/mol. The molecule has 0 amide bonds. The molecule has 21 heavy (non-hydrogen) atoms. The quantitative estimate of drug-likeness (QED) is 0.653. The van der Waals surface area contributed by atoms with Crippen molar-refractivity contribution in [2.45, 2.75) is 20.4 Å². The third-order valence-corrected chi connectivity index (χ3v) is 3.43. The number of halogens is 1. The first-order chi connectivity index (χ1) is 10.1. The molecule has 1 rings (SSSR count). The maximum atomic E-state index is 5.19. The van der Waals surface area contributed by atoms with Crippen molar-refractivity contribution in [2.75, 3.05) is 38.3 Å². The third kappa shape index (κ3) is 6.59. The topological polar surface area (TPSA) is 37.4 Å². The van der Waals surface area contributed by atoms with Gasteiger partial charge in [-0.2, -0.15) is 0 Å². The molecular formula is C16H26BrN3O. The summed E-state index contributed by atoms with van der Waals surface area (Å²) in [5, 5.41) is 3.48. The van der Waals surface area contributed by atoms with Crippen LogP contribution in [0, 0.1) is 5.92 Å². The molecule has 0 aliphatic rings. The lowest BCUT2D eigenvalue weighted by Crippen LogP contribution is -2.30. The lowest BCUT2D eigenvalue weighted by Gasteiger charge is -2.24. The number of ether oxygens (including phenoxy) is 1. The highest BCUT2D eigenvalue weighted by Gasteiger charge is 2.12. The molecule has 118 valence electrons. The third-order valence-electron chi connectivity index (χ3n) is 2.99. The molecule has 0 bridgehead atoms. The first kappa shape index (κ1) is 18.1. The molecule has 0 saturated carbocycles. The zero-order valence-electron chi connectivity index (χ0n) is 13.2. The highest BCUT2D eigenvalue weighted by molar-refractivity contribution is 9.10. The van der Waals surface area contributed by atoms with E-state index >= 15 is 0 Å². The summed E-state index contributed by atoms with van der Waals surface area (Å²) in [5.74, 6) is 1.62. The molecule has 0 atom stereocenters. The molecule has 0 unspecified atom stereocenters. The second-order valence-electron chi connectivity index (χ2n) is 5.39. The Bertz CT molecular complexity index is 438. The van der Waals surface area contributed by atoms with Crippen molar-refractivity contribution < 1.29 is 4.74 Å². The van der Waals surface area contributed by atoms with E-state index in [0.29, 0.717) is 12.5 Å². The van der Waals surface area contributed by atoms with Crippen LogP contribution >= 0.6 is 15.9 Å². The maximum absolute atomic E-state index is 5.19. The van der Waals surface area contributed by atoms with Crippen LogP contribution in [0.3, 0.4) is 0 Å². The molecule has 1 heterocycles. The van der Waals surface area contributed by atoms with E-state index in [0.717, 1.165) is 36.5 Å². The predicted molar refractivity (Wildman–Crippen MR) is 92.8 cm³/mol. The number of aromatic nitrogens is 1. The molecule has 0 saturated heterocycles. The summed E-state index contributed by atoms with van der Waals surface area (Å²) in [4.78, 5) is 6.77. The zero-order chi connectivity index (χ0) is 15.7. The molecule has 1 aromatic heterocycles. The standard InChI is InChI=1S/C16H26BrN3O/c1-5-6-20(7-8-21-4)16-14(9-15(17)12-19-16)11-18-10-13(2)3/h5,9,12-13,18H,1,6-8,10-11H2,2-4H3. The number of nitrogens with one attached hydrogen (secondary N) is 1. The van der Waals surface area contributed by atoms with Gasteiger partial charge >= 0.3 is 0 Å². The predicted octanol–water partition coefficient (Wildman–Crippen LogP) is 3.23. The molecule has 4 nitrogen and oxygen atoms in total. The molecule has 0 aromatic carbocycles. The van der Waals surface area contributed by atoms with Crippen molar-refractivity contribution in [3.8, 4) is 0 Å². The Morgan fingerprint density at radius 1 is 1.52 bits per heavy atom. The number of nitrogens with zero attached hydrogens (tertiary/aromatic N) is 2. The van der Waals surface area contributed by atoms with Gasteiger partial charge in [-0.25, -0.2) is 4.98 Å². The summed E-state index contributed by atoms with van der Waals surface area (Å²) in [5.41, 5.74) is 1.18. The number of methoxy groups -OCH3 is 1. The van der Waals surface area contributed by atoms with E-state index < -0.39 is 0 Å². The lowest BCUT2D eigenvalue weighted by molar-refractivity contribution is 0.205. The Labute approximate surface area is 136 Å². The van der Waals surface area contributed by atoms with Crippen LogP contribution in [-0.4, -0.2) is 38.3 Å². The van der Waals surface area contributed by atoms with Crippen molar-refractivity contribution in [1.82, 2.24) is 10.3 Å². The molecule has 0 radical (unpaired) electrons. The molecule has 0 fully saturated rings. The van der Waals surface area contributed by atoms with Crippen LogP contribution in [0.5, 0.6) is 0 Å². The van der Waals surface area contributed by atoms with Crippen LogP contribution in [0.4, 0.5) is 5.82 Å². The second-order valence-corrected chi connectivity index (χ2v) is 6.30. The summed E-state index contributed by atoms with van der Waals surface area (Å²) < 4.78 is 6.19. The molecule has 1 aromatic rings. The molecule has 1 N–H and O–H groups in total. The molecule has 5 heteroatoms. The summed E-state index contributed by atoms with van der Waals surface area (Å²) in [7, 11) is 1.71. The fraction of sp³-hybridized carbons (Fsp3) is 0.562. The monoisotopic (exact) mass is 355 g/mol. The molecule has 0 aliphatic carbocycles. The summed E-state index contributed by atoms with van der Waals surface area (Å²) in [6.07, 6.45) is 3.73. The highest BCUT2D eigenvalue weighted by atomic mass is 79.9. The van der Waals surface area contributed by atoms with Crippen LogP contribution in [-0.2, 0) is 11.3 Å². The van der Waals surface area contributed by atoms with Gasteiger partial charge in [0.15, 0.2) is 0 Å². The Morgan fingerprint density at radius 3 is 2.90 bits per heavy atom. The number of hydrogen-bond acceptors (Lipinski definition) is 4. The number of hydrogen-bond donors (Lipinski definition) is 1. The van der Waals surface area contributed by atoms with Gasteiger partial charge in [0.25, 0.3) is 0 Å².